The Kier molecular flexibility index (Phi) is 24.2. The van der Waals surface area contributed by atoms with Crippen LogP contribution in [-0.2, 0) is 9.53 Å². The van der Waals surface area contributed by atoms with Crippen molar-refractivity contribution in [3.05, 3.63) is 0 Å². The second kappa shape index (κ2) is 26.1. The van der Waals surface area contributed by atoms with Crippen LogP contribution in [0.1, 0.15) is 188 Å². The zero-order valence-electron chi connectivity index (χ0n) is 27.2. The Morgan fingerprint density at radius 3 is 1.64 bits per heavy atom. The molecule has 0 spiro atoms. The minimum Gasteiger partial charge on any atom is -0.466 e. The van der Waals surface area contributed by atoms with Crippen LogP contribution in [0.15, 0.2) is 0 Å². The number of hydrogen-bond acceptors (Lipinski definition) is 2. The summed E-state index contributed by atoms with van der Waals surface area (Å²) >= 11 is 0. The Hall–Kier alpha value is -0.860. The van der Waals surface area contributed by atoms with Crippen molar-refractivity contribution in [2.24, 2.45) is 11.8 Å². The first kappa shape index (κ1) is 36.2. The van der Waals surface area contributed by atoms with Gasteiger partial charge in [0.2, 0.25) is 0 Å². The first-order valence-electron chi connectivity index (χ1n) is 17.8. The molecule has 0 amide bonds. The average Bonchev–Trinajstić information content (AvgIpc) is 3.30. The van der Waals surface area contributed by atoms with E-state index >= 15 is 0 Å². The van der Waals surface area contributed by atoms with Gasteiger partial charge in [-0.2, -0.15) is 0 Å². The molecule has 1 rings (SSSR count). The number of ether oxygens (including phenoxy) is 1. The molecule has 2 unspecified atom stereocenters. The van der Waals surface area contributed by atoms with Crippen LogP contribution in [-0.4, -0.2) is 36.5 Å². The van der Waals surface area contributed by atoms with E-state index in [4.69, 9.17) is 4.74 Å². The molecule has 0 saturated carbocycles. The largest absolute Gasteiger partial charge is 0.466 e. The lowest BCUT2D eigenvalue weighted by atomic mass is 9.87. The van der Waals surface area contributed by atoms with Gasteiger partial charge in [-0.05, 0) is 19.3 Å². The summed E-state index contributed by atoms with van der Waals surface area (Å²) in [5.74, 6) is 1.29. The van der Waals surface area contributed by atoms with Crippen molar-refractivity contribution in [1.29, 1.82) is 0 Å². The molecule has 2 atom stereocenters. The molecule has 0 aromatic heterocycles. The fourth-order valence-electron chi connectivity index (χ4n) is 6.59. The third-order valence-electron chi connectivity index (χ3n) is 9.13. The second-order valence-electron chi connectivity index (χ2n) is 12.9. The summed E-state index contributed by atoms with van der Waals surface area (Å²) in [4.78, 5) is 12.2. The zero-order chi connectivity index (χ0) is 28.4. The van der Waals surface area contributed by atoms with Crippen molar-refractivity contribution in [2.75, 3.05) is 20.2 Å². The maximum Gasteiger partial charge on any atom is 0.305 e. The van der Waals surface area contributed by atoms with E-state index in [1.165, 1.54) is 148 Å². The third kappa shape index (κ3) is 19.8. The van der Waals surface area contributed by atoms with E-state index in [0.29, 0.717) is 24.9 Å². The molecular weight excluding hydrogens is 478 g/mol. The van der Waals surface area contributed by atoms with Gasteiger partial charge in [0.25, 0.3) is 0 Å². The Morgan fingerprint density at radius 1 is 0.718 bits per heavy atom. The van der Waals surface area contributed by atoms with Crippen molar-refractivity contribution in [3.8, 4) is 0 Å². The summed E-state index contributed by atoms with van der Waals surface area (Å²) in [6.45, 7) is 8.76. The van der Waals surface area contributed by atoms with Gasteiger partial charge in [0.05, 0.1) is 6.61 Å². The summed E-state index contributed by atoms with van der Waals surface area (Å²) in [5, 5.41) is 0. The normalized spacial score (nSPS) is 16.3. The number of carbonyl (C=O) groups is 1. The lowest BCUT2D eigenvalue weighted by Crippen LogP contribution is -2.25. The van der Waals surface area contributed by atoms with Gasteiger partial charge in [0, 0.05) is 24.7 Å². The molecule has 3 nitrogen and oxygen atoms in total. The Balaban J connectivity index is 2.04. The summed E-state index contributed by atoms with van der Waals surface area (Å²) in [6.07, 6.45) is 34.1. The molecule has 1 aliphatic heterocycles. The fourth-order valence-corrected chi connectivity index (χ4v) is 6.59. The number of carbonyl (C=O) groups excluding carboxylic acids is 1. The number of esters is 1. The van der Waals surface area contributed by atoms with Gasteiger partial charge in [-0.3, -0.25) is 4.79 Å². The molecule has 1 heterocycles. The number of hydrogen-bond donors (Lipinski definition) is 0. The van der Waals surface area contributed by atoms with Crippen molar-refractivity contribution in [3.63, 3.8) is 0 Å². The van der Waals surface area contributed by atoms with E-state index in [2.05, 4.69) is 32.4 Å². The molecular formula is C36H70NO2+. The minimum absolute atomic E-state index is 0.0211. The predicted octanol–water partition coefficient (Wildman–Crippen LogP) is 11.1. The highest BCUT2D eigenvalue weighted by molar-refractivity contribution is 5.85. The van der Waals surface area contributed by atoms with E-state index in [0.717, 1.165) is 19.4 Å². The van der Waals surface area contributed by atoms with Gasteiger partial charge in [-0.15, -0.1) is 0 Å². The molecule has 0 saturated heterocycles. The van der Waals surface area contributed by atoms with Crippen molar-refractivity contribution in [2.45, 2.75) is 188 Å². The SMILES string of the molecule is CCCCCCCCCCCCCC(=O)OCCC1CC[N+](C)=C1C(C)CCCCCCCCCCCCC. The summed E-state index contributed by atoms with van der Waals surface area (Å²) in [6, 6.07) is 0. The minimum atomic E-state index is 0.0211. The van der Waals surface area contributed by atoms with Crippen LogP contribution >= 0.6 is 0 Å². The number of rotatable bonds is 28. The third-order valence-corrected chi connectivity index (χ3v) is 9.13. The molecule has 230 valence electrons. The van der Waals surface area contributed by atoms with Gasteiger partial charge in [-0.25, -0.2) is 4.58 Å². The summed E-state index contributed by atoms with van der Waals surface area (Å²) in [5.41, 5.74) is 1.63. The van der Waals surface area contributed by atoms with Crippen molar-refractivity contribution >= 4 is 11.7 Å². The number of nitrogens with zero attached hydrogens (tertiary/aromatic N) is 1. The van der Waals surface area contributed by atoms with Crippen LogP contribution in [0.25, 0.3) is 0 Å². The molecule has 0 aromatic carbocycles. The summed E-state index contributed by atoms with van der Waals surface area (Å²) in [7, 11) is 2.27. The van der Waals surface area contributed by atoms with Gasteiger partial charge < -0.3 is 4.74 Å². The van der Waals surface area contributed by atoms with Crippen LogP contribution in [0.3, 0.4) is 0 Å². The van der Waals surface area contributed by atoms with Gasteiger partial charge in [0.1, 0.15) is 13.6 Å². The molecule has 0 N–H and O–H groups in total. The molecule has 1 aliphatic rings. The first-order valence-corrected chi connectivity index (χ1v) is 17.8. The highest BCUT2D eigenvalue weighted by Gasteiger charge is 2.34. The highest BCUT2D eigenvalue weighted by atomic mass is 16.5. The molecule has 0 bridgehead atoms. The maximum atomic E-state index is 12.2. The predicted molar refractivity (Wildman–Crippen MR) is 171 cm³/mol. The first-order chi connectivity index (χ1) is 19.1. The van der Waals surface area contributed by atoms with Crippen molar-refractivity contribution < 1.29 is 14.1 Å². The second-order valence-corrected chi connectivity index (χ2v) is 12.9. The van der Waals surface area contributed by atoms with E-state index in [9.17, 15) is 4.79 Å². The topological polar surface area (TPSA) is 29.3 Å². The molecule has 0 radical (unpaired) electrons. The van der Waals surface area contributed by atoms with Gasteiger partial charge in [-0.1, -0.05) is 156 Å². The highest BCUT2D eigenvalue weighted by Crippen LogP contribution is 2.26. The van der Waals surface area contributed by atoms with E-state index in [1.54, 1.807) is 5.71 Å². The standard InChI is InChI=1S/C36H70NO2/c1-5-7-9-11-13-15-17-19-21-23-25-27-33(3)36-34(29-31-37(36)4)30-32-39-35(38)28-26-24-22-20-18-16-14-12-10-8-6-2/h33-34H,5-32H2,1-4H3/q+1. The lowest BCUT2D eigenvalue weighted by Gasteiger charge is -2.16. The van der Waals surface area contributed by atoms with Crippen LogP contribution in [0.2, 0.25) is 0 Å². The van der Waals surface area contributed by atoms with E-state index in [1.807, 2.05) is 0 Å². The van der Waals surface area contributed by atoms with Gasteiger partial charge in [0.15, 0.2) is 5.71 Å². The number of unbranched alkanes of at least 4 members (excludes halogenated alkanes) is 20. The van der Waals surface area contributed by atoms with Crippen molar-refractivity contribution in [1.82, 2.24) is 0 Å². The maximum absolute atomic E-state index is 12.2. The monoisotopic (exact) mass is 549 g/mol. The smallest absolute Gasteiger partial charge is 0.305 e. The molecule has 3 heteroatoms. The Labute approximate surface area is 245 Å². The van der Waals surface area contributed by atoms with Gasteiger partial charge >= 0.3 is 5.97 Å². The summed E-state index contributed by atoms with van der Waals surface area (Å²) < 4.78 is 8.16. The lowest BCUT2D eigenvalue weighted by molar-refractivity contribution is -0.491. The van der Waals surface area contributed by atoms with Crippen LogP contribution in [0.5, 0.6) is 0 Å². The van der Waals surface area contributed by atoms with Crippen LogP contribution in [0, 0.1) is 11.8 Å². The average molecular weight is 549 g/mol. The van der Waals surface area contributed by atoms with E-state index in [-0.39, 0.29) is 5.97 Å². The Morgan fingerprint density at radius 2 is 1.15 bits per heavy atom. The molecule has 39 heavy (non-hydrogen) atoms. The molecule has 0 aliphatic carbocycles. The fraction of sp³-hybridized carbons (Fsp3) is 0.944. The zero-order valence-corrected chi connectivity index (χ0v) is 27.2. The Bertz CT molecular complexity index is 599. The van der Waals surface area contributed by atoms with Crippen LogP contribution < -0.4 is 0 Å². The van der Waals surface area contributed by atoms with E-state index < -0.39 is 0 Å². The van der Waals surface area contributed by atoms with Crippen LogP contribution in [0.4, 0.5) is 0 Å². The quantitative estimate of drug-likeness (QED) is 0.0552. The molecule has 0 aromatic rings. The molecule has 0 fully saturated rings.